The van der Waals surface area contributed by atoms with Gasteiger partial charge in [-0.25, -0.2) is 9.97 Å². The van der Waals surface area contributed by atoms with Crippen LogP contribution >= 0.6 is 0 Å². The highest BCUT2D eigenvalue weighted by molar-refractivity contribution is 5.73. The van der Waals surface area contributed by atoms with Gasteiger partial charge in [0.1, 0.15) is 12.4 Å². The van der Waals surface area contributed by atoms with Gasteiger partial charge in [0, 0.05) is 23.5 Å². The predicted molar refractivity (Wildman–Crippen MR) is 106 cm³/mol. The summed E-state index contributed by atoms with van der Waals surface area (Å²) in [5.74, 6) is 1.34. The van der Waals surface area contributed by atoms with Gasteiger partial charge in [0.25, 0.3) is 0 Å². The van der Waals surface area contributed by atoms with E-state index in [1.54, 1.807) is 12.4 Å². The second-order valence-electron chi connectivity index (χ2n) is 5.98. The van der Waals surface area contributed by atoms with Gasteiger partial charge in [0.05, 0.1) is 17.1 Å². The van der Waals surface area contributed by atoms with E-state index in [-0.39, 0.29) is 6.61 Å². The summed E-state index contributed by atoms with van der Waals surface area (Å²) in [6.45, 7) is 0.280. The molecular weight excluding hydrogens is 336 g/mol. The second-order valence-corrected chi connectivity index (χ2v) is 5.98. The molecule has 0 spiro atoms. The minimum atomic E-state index is 0.280. The molecule has 0 radical (unpaired) electrons. The maximum Gasteiger partial charge on any atom is 0.166 e. The quantitative estimate of drug-likeness (QED) is 0.576. The van der Waals surface area contributed by atoms with Crippen molar-refractivity contribution in [3.8, 4) is 28.3 Å². The van der Waals surface area contributed by atoms with E-state index in [0.717, 1.165) is 22.5 Å². The standard InChI is InChI=1S/C22H18N4O/c23-19-10-5-12-25-22(19)17-8-4-9-18(14-17)27-15-21-24-13-11-20(26-21)16-6-2-1-3-7-16/h1-14H,15,23H2. The van der Waals surface area contributed by atoms with E-state index in [4.69, 9.17) is 10.5 Å². The Bertz CT molecular complexity index is 1050. The van der Waals surface area contributed by atoms with Crippen LogP contribution in [-0.4, -0.2) is 15.0 Å². The smallest absolute Gasteiger partial charge is 0.166 e. The number of nitrogen functional groups attached to an aromatic ring is 1. The summed E-state index contributed by atoms with van der Waals surface area (Å²) in [7, 11) is 0. The fourth-order valence-corrected chi connectivity index (χ4v) is 2.78. The lowest BCUT2D eigenvalue weighted by atomic mass is 10.1. The summed E-state index contributed by atoms with van der Waals surface area (Å²) in [6, 6.07) is 23.2. The lowest BCUT2D eigenvalue weighted by Crippen LogP contribution is -2.02. The van der Waals surface area contributed by atoms with Crippen molar-refractivity contribution in [2.24, 2.45) is 0 Å². The van der Waals surface area contributed by atoms with Crippen molar-refractivity contribution >= 4 is 5.69 Å². The summed E-state index contributed by atoms with van der Waals surface area (Å²) < 4.78 is 5.89. The number of hydrogen-bond acceptors (Lipinski definition) is 5. The third-order valence-electron chi connectivity index (χ3n) is 4.09. The van der Waals surface area contributed by atoms with E-state index in [9.17, 15) is 0 Å². The van der Waals surface area contributed by atoms with Gasteiger partial charge in [-0.3, -0.25) is 4.98 Å². The normalized spacial score (nSPS) is 10.5. The molecule has 0 aliphatic heterocycles. The van der Waals surface area contributed by atoms with Crippen LogP contribution in [0.5, 0.6) is 5.75 Å². The molecule has 0 amide bonds. The molecule has 0 unspecified atom stereocenters. The van der Waals surface area contributed by atoms with E-state index in [0.29, 0.717) is 17.3 Å². The maximum atomic E-state index is 6.02. The number of hydrogen-bond donors (Lipinski definition) is 1. The van der Waals surface area contributed by atoms with Crippen LogP contribution in [0.1, 0.15) is 5.82 Å². The van der Waals surface area contributed by atoms with Crippen molar-refractivity contribution in [1.29, 1.82) is 0 Å². The molecule has 5 heteroatoms. The average molecular weight is 354 g/mol. The van der Waals surface area contributed by atoms with Crippen LogP contribution in [0.25, 0.3) is 22.5 Å². The highest BCUT2D eigenvalue weighted by Crippen LogP contribution is 2.26. The zero-order chi connectivity index (χ0) is 18.5. The molecule has 0 bridgehead atoms. The fraction of sp³-hybridized carbons (Fsp3) is 0.0455. The van der Waals surface area contributed by atoms with Gasteiger partial charge >= 0.3 is 0 Å². The number of nitrogens with zero attached hydrogens (tertiary/aromatic N) is 3. The van der Waals surface area contributed by atoms with Crippen molar-refractivity contribution in [2.45, 2.75) is 6.61 Å². The maximum absolute atomic E-state index is 6.02. The lowest BCUT2D eigenvalue weighted by Gasteiger charge is -2.09. The van der Waals surface area contributed by atoms with Crippen LogP contribution in [-0.2, 0) is 6.61 Å². The number of nitrogens with two attached hydrogens (primary N) is 1. The molecular formula is C22H18N4O. The highest BCUT2D eigenvalue weighted by Gasteiger charge is 2.06. The first-order chi connectivity index (χ1) is 13.3. The molecule has 27 heavy (non-hydrogen) atoms. The van der Waals surface area contributed by atoms with Gasteiger partial charge in [0.15, 0.2) is 5.82 Å². The Labute approximate surface area is 157 Å². The molecule has 132 valence electrons. The minimum absolute atomic E-state index is 0.280. The number of benzene rings is 2. The molecule has 0 aliphatic carbocycles. The third-order valence-corrected chi connectivity index (χ3v) is 4.09. The Morgan fingerprint density at radius 3 is 2.48 bits per heavy atom. The summed E-state index contributed by atoms with van der Waals surface area (Å²) >= 11 is 0. The van der Waals surface area contributed by atoms with Crippen LogP contribution in [0.15, 0.2) is 85.2 Å². The number of ether oxygens (including phenoxy) is 1. The van der Waals surface area contributed by atoms with Crippen molar-refractivity contribution < 1.29 is 4.74 Å². The monoisotopic (exact) mass is 354 g/mol. The van der Waals surface area contributed by atoms with Crippen LogP contribution < -0.4 is 10.5 Å². The van der Waals surface area contributed by atoms with Gasteiger partial charge in [-0.05, 0) is 30.3 Å². The van der Waals surface area contributed by atoms with E-state index < -0.39 is 0 Å². The SMILES string of the molecule is Nc1cccnc1-c1cccc(OCc2nccc(-c3ccccc3)n2)c1. The van der Waals surface area contributed by atoms with Gasteiger partial charge < -0.3 is 10.5 Å². The van der Waals surface area contributed by atoms with Gasteiger partial charge in [0.2, 0.25) is 0 Å². The molecule has 2 aromatic heterocycles. The first-order valence-corrected chi connectivity index (χ1v) is 8.61. The summed E-state index contributed by atoms with van der Waals surface area (Å²) in [4.78, 5) is 13.2. The molecule has 0 fully saturated rings. The Kier molecular flexibility index (Phi) is 4.74. The van der Waals surface area contributed by atoms with E-state index in [1.807, 2.05) is 72.8 Å². The van der Waals surface area contributed by atoms with Crippen molar-refractivity contribution in [2.75, 3.05) is 5.73 Å². The molecule has 0 saturated carbocycles. The Morgan fingerprint density at radius 1 is 0.778 bits per heavy atom. The van der Waals surface area contributed by atoms with Gasteiger partial charge in [-0.1, -0.05) is 42.5 Å². The Balaban J connectivity index is 1.51. The molecule has 0 atom stereocenters. The van der Waals surface area contributed by atoms with Crippen LogP contribution in [0, 0.1) is 0 Å². The summed E-state index contributed by atoms with van der Waals surface area (Å²) in [5.41, 5.74) is 10.2. The van der Waals surface area contributed by atoms with Crippen LogP contribution in [0.3, 0.4) is 0 Å². The average Bonchev–Trinajstić information content (AvgIpc) is 2.74. The number of rotatable bonds is 5. The molecule has 2 N–H and O–H groups in total. The third kappa shape index (κ3) is 3.93. The molecule has 4 rings (SSSR count). The lowest BCUT2D eigenvalue weighted by molar-refractivity contribution is 0.296. The van der Waals surface area contributed by atoms with Crippen LogP contribution in [0.2, 0.25) is 0 Å². The number of aromatic nitrogens is 3. The van der Waals surface area contributed by atoms with E-state index in [2.05, 4.69) is 15.0 Å². The van der Waals surface area contributed by atoms with E-state index >= 15 is 0 Å². The summed E-state index contributed by atoms with van der Waals surface area (Å²) in [6.07, 6.45) is 3.47. The molecule has 2 aromatic carbocycles. The van der Waals surface area contributed by atoms with E-state index in [1.165, 1.54) is 0 Å². The van der Waals surface area contributed by atoms with Crippen molar-refractivity contribution in [3.05, 3.63) is 91.0 Å². The van der Waals surface area contributed by atoms with Crippen molar-refractivity contribution in [1.82, 2.24) is 15.0 Å². The molecule has 2 heterocycles. The fourth-order valence-electron chi connectivity index (χ4n) is 2.78. The second kappa shape index (κ2) is 7.66. The zero-order valence-electron chi connectivity index (χ0n) is 14.6. The largest absolute Gasteiger partial charge is 0.486 e. The Morgan fingerprint density at radius 2 is 1.63 bits per heavy atom. The topological polar surface area (TPSA) is 73.9 Å². The minimum Gasteiger partial charge on any atom is -0.486 e. The number of pyridine rings is 1. The molecule has 0 saturated heterocycles. The Hall–Kier alpha value is -3.73. The van der Waals surface area contributed by atoms with Crippen molar-refractivity contribution in [3.63, 3.8) is 0 Å². The van der Waals surface area contributed by atoms with Crippen LogP contribution in [0.4, 0.5) is 5.69 Å². The molecule has 5 nitrogen and oxygen atoms in total. The summed E-state index contributed by atoms with van der Waals surface area (Å²) in [5, 5.41) is 0. The first-order valence-electron chi connectivity index (χ1n) is 8.61. The molecule has 0 aliphatic rings. The number of anilines is 1. The van der Waals surface area contributed by atoms with Gasteiger partial charge in [-0.15, -0.1) is 0 Å². The van der Waals surface area contributed by atoms with Gasteiger partial charge in [-0.2, -0.15) is 0 Å². The highest BCUT2D eigenvalue weighted by atomic mass is 16.5. The predicted octanol–water partition coefficient (Wildman–Crippen LogP) is 4.37. The zero-order valence-corrected chi connectivity index (χ0v) is 14.6. The molecule has 4 aromatic rings. The first kappa shape index (κ1) is 16.7.